The molecule has 0 aliphatic heterocycles. The molecule has 0 aliphatic carbocycles. The third kappa shape index (κ3) is 7.47. The summed E-state index contributed by atoms with van der Waals surface area (Å²) in [5.74, 6) is 1.03. The fourth-order valence-electron chi connectivity index (χ4n) is 1.35. The zero-order chi connectivity index (χ0) is 11.8. The van der Waals surface area contributed by atoms with Gasteiger partial charge in [0.15, 0.2) is 0 Å². The fourth-order valence-corrected chi connectivity index (χ4v) is 1.53. The largest absolute Gasteiger partial charge is 0.493 e. The van der Waals surface area contributed by atoms with Crippen LogP contribution in [0.5, 0.6) is 5.75 Å². The highest BCUT2D eigenvalue weighted by molar-refractivity contribution is 7.80. The summed E-state index contributed by atoms with van der Waals surface area (Å²) in [6.45, 7) is 0.600. The van der Waals surface area contributed by atoms with Crippen molar-refractivity contribution >= 4 is 25.0 Å². The number of benzene rings is 1. The second-order valence-electron chi connectivity index (χ2n) is 3.74. The van der Waals surface area contributed by atoms with E-state index in [4.69, 9.17) is 10.5 Å². The van der Waals surface area contributed by atoms with Crippen molar-refractivity contribution in [3.05, 3.63) is 30.1 Å². The normalized spacial score (nSPS) is 11.7. The molecule has 2 nitrogen and oxygen atoms in total. The monoisotopic (exact) mass is 279 g/mol. The van der Waals surface area contributed by atoms with Crippen LogP contribution < -0.4 is 10.5 Å². The molecule has 0 saturated carbocycles. The van der Waals surface area contributed by atoms with Gasteiger partial charge in [-0.1, -0.05) is 6.07 Å². The number of unbranched alkanes of at least 4 members (excludes halogenated alkanes) is 1. The van der Waals surface area contributed by atoms with Gasteiger partial charge in [-0.2, -0.15) is 12.6 Å². The Bertz CT molecular complexity index is 314. The second kappa shape index (κ2) is 9.57. The molecule has 0 saturated heterocycles. The summed E-state index contributed by atoms with van der Waals surface area (Å²) in [6, 6.07) is 6.35. The third-order valence-electron chi connectivity index (χ3n) is 2.27. The molecule has 1 aromatic rings. The van der Waals surface area contributed by atoms with E-state index in [1.807, 2.05) is 0 Å². The number of hydrogen-bond acceptors (Lipinski definition) is 3. The summed E-state index contributed by atoms with van der Waals surface area (Å²) in [7, 11) is 0. The van der Waals surface area contributed by atoms with Gasteiger partial charge in [-0.3, -0.25) is 0 Å². The first-order chi connectivity index (χ1) is 7.72. The highest BCUT2D eigenvalue weighted by Gasteiger charge is 1.99. The maximum atomic E-state index is 12.8. The van der Waals surface area contributed by atoms with E-state index < -0.39 is 0 Å². The Labute approximate surface area is 114 Å². The number of halogens is 2. The molecule has 0 heterocycles. The Morgan fingerprint density at radius 2 is 2.12 bits per heavy atom. The molecule has 0 bridgehead atoms. The Morgan fingerprint density at radius 3 is 2.76 bits per heavy atom. The molecule has 17 heavy (non-hydrogen) atoms. The number of thiol groups is 1. The summed E-state index contributed by atoms with van der Waals surface area (Å²) in [5.41, 5.74) is 5.72. The van der Waals surface area contributed by atoms with Crippen molar-refractivity contribution < 1.29 is 9.13 Å². The molecule has 2 N–H and O–H groups in total. The topological polar surface area (TPSA) is 35.2 Å². The van der Waals surface area contributed by atoms with E-state index in [2.05, 4.69) is 12.6 Å². The molecule has 5 heteroatoms. The lowest BCUT2D eigenvalue weighted by Crippen LogP contribution is -2.21. The van der Waals surface area contributed by atoms with E-state index >= 15 is 0 Å². The average molecular weight is 280 g/mol. The lowest BCUT2D eigenvalue weighted by atomic mass is 10.1. The minimum absolute atomic E-state index is 0. The smallest absolute Gasteiger partial charge is 0.126 e. The van der Waals surface area contributed by atoms with Crippen LogP contribution in [0.2, 0.25) is 0 Å². The Balaban J connectivity index is 0.00000256. The van der Waals surface area contributed by atoms with Gasteiger partial charge in [0, 0.05) is 17.9 Å². The van der Waals surface area contributed by atoms with Crippen molar-refractivity contribution in [1.82, 2.24) is 0 Å². The van der Waals surface area contributed by atoms with Crippen molar-refractivity contribution in [2.24, 2.45) is 5.73 Å². The number of hydrogen-bond donors (Lipinski definition) is 2. The minimum atomic E-state index is -0.269. The summed E-state index contributed by atoms with van der Waals surface area (Å²) in [5, 5.41) is 0. The van der Waals surface area contributed by atoms with Crippen LogP contribution in [-0.2, 0) is 0 Å². The summed E-state index contributed by atoms with van der Waals surface area (Å²) < 4.78 is 18.2. The van der Waals surface area contributed by atoms with Crippen LogP contribution >= 0.6 is 25.0 Å². The van der Waals surface area contributed by atoms with E-state index in [1.165, 1.54) is 12.1 Å². The van der Waals surface area contributed by atoms with Crippen LogP contribution in [0, 0.1) is 5.82 Å². The molecule has 0 spiro atoms. The zero-order valence-corrected chi connectivity index (χ0v) is 11.4. The van der Waals surface area contributed by atoms with Gasteiger partial charge in [0.25, 0.3) is 0 Å². The quantitative estimate of drug-likeness (QED) is 0.594. The van der Waals surface area contributed by atoms with Gasteiger partial charge in [-0.15, -0.1) is 12.4 Å². The van der Waals surface area contributed by atoms with Gasteiger partial charge < -0.3 is 10.5 Å². The Morgan fingerprint density at radius 1 is 1.35 bits per heavy atom. The van der Waals surface area contributed by atoms with Gasteiger partial charge in [-0.05, 0) is 31.4 Å². The molecule has 0 amide bonds. The zero-order valence-electron chi connectivity index (χ0n) is 9.64. The molecule has 0 aromatic heterocycles. The maximum absolute atomic E-state index is 12.8. The maximum Gasteiger partial charge on any atom is 0.126 e. The van der Waals surface area contributed by atoms with Crippen molar-refractivity contribution in [1.29, 1.82) is 0 Å². The number of nitrogens with two attached hydrogens (primary N) is 1. The average Bonchev–Trinajstić information content (AvgIpc) is 2.28. The first kappa shape index (κ1) is 16.6. The van der Waals surface area contributed by atoms with Crippen LogP contribution in [0.4, 0.5) is 4.39 Å². The Kier molecular flexibility index (Phi) is 9.31. The molecule has 98 valence electrons. The van der Waals surface area contributed by atoms with Crippen molar-refractivity contribution in [3.63, 3.8) is 0 Å². The van der Waals surface area contributed by atoms with Crippen LogP contribution in [0.15, 0.2) is 24.3 Å². The predicted molar refractivity (Wildman–Crippen MR) is 74.8 cm³/mol. The minimum Gasteiger partial charge on any atom is -0.493 e. The number of rotatable bonds is 7. The highest BCUT2D eigenvalue weighted by atomic mass is 35.5. The van der Waals surface area contributed by atoms with Gasteiger partial charge >= 0.3 is 0 Å². The summed E-state index contributed by atoms with van der Waals surface area (Å²) in [4.78, 5) is 0. The van der Waals surface area contributed by atoms with E-state index in [1.54, 1.807) is 12.1 Å². The van der Waals surface area contributed by atoms with Crippen molar-refractivity contribution in [3.8, 4) is 5.75 Å². The predicted octanol–water partition coefficient (Wildman–Crippen LogP) is 3.05. The summed E-state index contributed by atoms with van der Waals surface area (Å²) in [6.07, 6.45) is 2.89. The van der Waals surface area contributed by atoms with Gasteiger partial charge in [0.05, 0.1) is 6.61 Å². The van der Waals surface area contributed by atoms with Crippen molar-refractivity contribution in [2.75, 3.05) is 12.4 Å². The first-order valence-corrected chi connectivity index (χ1v) is 6.10. The van der Waals surface area contributed by atoms with Crippen LogP contribution in [0.3, 0.4) is 0 Å². The molecular formula is C12H19ClFNOS. The van der Waals surface area contributed by atoms with Crippen molar-refractivity contribution in [2.45, 2.75) is 25.3 Å². The lowest BCUT2D eigenvalue weighted by Gasteiger charge is -2.08. The lowest BCUT2D eigenvalue weighted by molar-refractivity contribution is 0.302. The Hall–Kier alpha value is -0.450. The number of ether oxygens (including phenoxy) is 1. The fraction of sp³-hybridized carbons (Fsp3) is 0.500. The van der Waals surface area contributed by atoms with E-state index in [0.717, 1.165) is 19.3 Å². The van der Waals surface area contributed by atoms with E-state index in [9.17, 15) is 4.39 Å². The molecule has 0 radical (unpaired) electrons. The molecule has 0 fully saturated rings. The van der Waals surface area contributed by atoms with E-state index in [-0.39, 0.29) is 24.3 Å². The third-order valence-corrected chi connectivity index (χ3v) is 2.74. The van der Waals surface area contributed by atoms with Gasteiger partial charge in [0.1, 0.15) is 11.6 Å². The van der Waals surface area contributed by atoms with Crippen LogP contribution in [-0.4, -0.2) is 18.4 Å². The standard InChI is InChI=1S/C12H18FNOS.ClH/c13-10-4-3-6-12(8-10)15-7-2-1-5-11(14)9-16;/h3-4,6,8,11,16H,1-2,5,7,9,14H2;1H. The molecule has 0 aliphatic rings. The molecule has 1 rings (SSSR count). The SMILES string of the molecule is Cl.NC(CS)CCCCOc1cccc(F)c1. The highest BCUT2D eigenvalue weighted by Crippen LogP contribution is 2.12. The van der Waals surface area contributed by atoms with Gasteiger partial charge in [-0.25, -0.2) is 4.39 Å². The molecule has 1 aromatic carbocycles. The van der Waals surface area contributed by atoms with Crippen LogP contribution in [0.25, 0.3) is 0 Å². The first-order valence-electron chi connectivity index (χ1n) is 5.47. The van der Waals surface area contributed by atoms with Gasteiger partial charge in [0.2, 0.25) is 0 Å². The molecule has 1 unspecified atom stereocenters. The molecule has 1 atom stereocenters. The molecular weight excluding hydrogens is 261 g/mol. The van der Waals surface area contributed by atoms with E-state index in [0.29, 0.717) is 18.1 Å². The second-order valence-corrected chi connectivity index (χ2v) is 4.11. The summed E-state index contributed by atoms with van der Waals surface area (Å²) >= 11 is 4.11. The van der Waals surface area contributed by atoms with Crippen LogP contribution in [0.1, 0.15) is 19.3 Å².